The highest BCUT2D eigenvalue weighted by atomic mass is 16.5. The standard InChI is InChI=1S/C11H11NO5/c13-10(14)7-2-3-8-9(6-7)17-5-1-4-12(8)11(15)16/h2-3,6H,1,4-5H2,(H,13,14)(H,15,16). The highest BCUT2D eigenvalue weighted by Gasteiger charge is 2.22. The van der Waals surface area contributed by atoms with Crippen LogP contribution in [0, 0.1) is 0 Å². The van der Waals surface area contributed by atoms with E-state index in [4.69, 9.17) is 14.9 Å². The van der Waals surface area contributed by atoms with Gasteiger partial charge in [0.15, 0.2) is 0 Å². The smallest absolute Gasteiger partial charge is 0.411 e. The van der Waals surface area contributed by atoms with Gasteiger partial charge in [0, 0.05) is 6.54 Å². The quantitative estimate of drug-likeness (QED) is 0.775. The molecule has 2 rings (SSSR count). The Morgan fingerprint density at radius 2 is 2.06 bits per heavy atom. The highest BCUT2D eigenvalue weighted by molar-refractivity contribution is 5.92. The first kappa shape index (κ1) is 11.3. The molecule has 0 unspecified atom stereocenters. The van der Waals surface area contributed by atoms with Crippen LogP contribution < -0.4 is 9.64 Å². The van der Waals surface area contributed by atoms with Crippen molar-refractivity contribution < 1.29 is 24.5 Å². The second kappa shape index (κ2) is 4.32. The molecule has 1 aromatic rings. The molecule has 1 aliphatic heterocycles. The van der Waals surface area contributed by atoms with E-state index in [0.29, 0.717) is 31.0 Å². The van der Waals surface area contributed by atoms with Crippen LogP contribution in [0.15, 0.2) is 18.2 Å². The van der Waals surface area contributed by atoms with Crippen LogP contribution in [0.5, 0.6) is 5.75 Å². The molecule has 2 N–H and O–H groups in total. The topological polar surface area (TPSA) is 87.1 Å². The van der Waals surface area contributed by atoms with Gasteiger partial charge in [-0.25, -0.2) is 9.59 Å². The number of fused-ring (bicyclic) bond motifs is 1. The van der Waals surface area contributed by atoms with E-state index < -0.39 is 12.1 Å². The lowest BCUT2D eigenvalue weighted by Gasteiger charge is -2.18. The van der Waals surface area contributed by atoms with Crippen LogP contribution >= 0.6 is 0 Å². The first-order chi connectivity index (χ1) is 8.09. The maximum atomic E-state index is 11.0. The third-order valence-corrected chi connectivity index (χ3v) is 2.51. The minimum absolute atomic E-state index is 0.0796. The highest BCUT2D eigenvalue weighted by Crippen LogP contribution is 2.32. The zero-order valence-corrected chi connectivity index (χ0v) is 8.92. The molecule has 0 saturated carbocycles. The molecule has 1 aromatic carbocycles. The summed E-state index contributed by atoms with van der Waals surface area (Å²) in [5.74, 6) is -0.771. The van der Waals surface area contributed by atoms with Gasteiger partial charge in [0.1, 0.15) is 5.75 Å². The van der Waals surface area contributed by atoms with E-state index >= 15 is 0 Å². The van der Waals surface area contributed by atoms with Gasteiger partial charge in [0.25, 0.3) is 0 Å². The largest absolute Gasteiger partial charge is 0.491 e. The lowest BCUT2D eigenvalue weighted by molar-refractivity contribution is 0.0696. The summed E-state index contributed by atoms with van der Waals surface area (Å²) in [5, 5.41) is 17.9. The van der Waals surface area contributed by atoms with Crippen LogP contribution in [0.2, 0.25) is 0 Å². The Hall–Kier alpha value is -2.24. The molecule has 0 spiro atoms. The van der Waals surface area contributed by atoms with Gasteiger partial charge in [0.2, 0.25) is 0 Å². The average Bonchev–Trinajstić information content (AvgIpc) is 2.49. The van der Waals surface area contributed by atoms with Crippen molar-refractivity contribution in [1.82, 2.24) is 0 Å². The van der Waals surface area contributed by atoms with Gasteiger partial charge >= 0.3 is 12.1 Å². The molecular formula is C11H11NO5. The zero-order chi connectivity index (χ0) is 12.4. The Kier molecular flexibility index (Phi) is 2.86. The number of benzene rings is 1. The molecule has 0 fully saturated rings. The number of ether oxygens (including phenoxy) is 1. The Morgan fingerprint density at radius 1 is 1.29 bits per heavy atom. The number of hydrogen-bond donors (Lipinski definition) is 2. The monoisotopic (exact) mass is 237 g/mol. The van der Waals surface area contributed by atoms with Crippen molar-refractivity contribution in [3.8, 4) is 5.75 Å². The molecule has 17 heavy (non-hydrogen) atoms. The van der Waals surface area contributed by atoms with E-state index in [1.807, 2.05) is 0 Å². The van der Waals surface area contributed by atoms with Crippen LogP contribution in [-0.4, -0.2) is 35.4 Å². The van der Waals surface area contributed by atoms with E-state index in [9.17, 15) is 9.59 Å². The molecule has 1 heterocycles. The summed E-state index contributed by atoms with van der Waals surface area (Å²) in [6, 6.07) is 4.17. The number of amides is 1. The van der Waals surface area contributed by atoms with Gasteiger partial charge in [-0.2, -0.15) is 0 Å². The van der Waals surface area contributed by atoms with Crippen molar-refractivity contribution in [3.05, 3.63) is 23.8 Å². The first-order valence-electron chi connectivity index (χ1n) is 5.10. The van der Waals surface area contributed by atoms with E-state index in [1.165, 1.54) is 18.2 Å². The van der Waals surface area contributed by atoms with Gasteiger partial charge in [-0.05, 0) is 24.6 Å². The Labute approximate surface area is 97.0 Å². The third kappa shape index (κ3) is 2.15. The van der Waals surface area contributed by atoms with Gasteiger partial charge in [-0.1, -0.05) is 0 Å². The maximum Gasteiger partial charge on any atom is 0.411 e. The number of carbonyl (C=O) groups is 2. The van der Waals surface area contributed by atoms with Gasteiger partial charge in [-0.3, -0.25) is 4.90 Å². The van der Waals surface area contributed by atoms with E-state index in [-0.39, 0.29) is 5.56 Å². The molecule has 6 nitrogen and oxygen atoms in total. The fourth-order valence-electron chi connectivity index (χ4n) is 1.71. The number of hydrogen-bond acceptors (Lipinski definition) is 3. The van der Waals surface area contributed by atoms with Crippen LogP contribution in [0.1, 0.15) is 16.8 Å². The van der Waals surface area contributed by atoms with Crippen LogP contribution in [-0.2, 0) is 0 Å². The molecular weight excluding hydrogens is 226 g/mol. The molecule has 0 aliphatic carbocycles. The molecule has 0 aromatic heterocycles. The molecule has 90 valence electrons. The summed E-state index contributed by atoms with van der Waals surface area (Å²) in [5.41, 5.74) is 0.469. The van der Waals surface area contributed by atoms with Gasteiger partial charge < -0.3 is 14.9 Å². The summed E-state index contributed by atoms with van der Waals surface area (Å²) in [6.07, 6.45) is -0.497. The van der Waals surface area contributed by atoms with Crippen LogP contribution in [0.25, 0.3) is 0 Å². The van der Waals surface area contributed by atoms with Crippen LogP contribution in [0.3, 0.4) is 0 Å². The SMILES string of the molecule is O=C(O)c1ccc2c(c1)OCCCN2C(=O)O. The maximum absolute atomic E-state index is 11.0. The summed E-state index contributed by atoms with van der Waals surface area (Å²) in [4.78, 5) is 23.0. The number of nitrogens with zero attached hydrogens (tertiary/aromatic N) is 1. The van der Waals surface area contributed by atoms with Crippen molar-refractivity contribution in [3.63, 3.8) is 0 Å². The summed E-state index contributed by atoms with van der Waals surface area (Å²) < 4.78 is 5.35. The molecule has 0 atom stereocenters. The minimum Gasteiger partial charge on any atom is -0.491 e. The van der Waals surface area contributed by atoms with E-state index in [2.05, 4.69) is 0 Å². The average molecular weight is 237 g/mol. The molecule has 1 amide bonds. The van der Waals surface area contributed by atoms with Crippen LogP contribution in [0.4, 0.5) is 10.5 Å². The molecule has 1 aliphatic rings. The van der Waals surface area contributed by atoms with E-state index in [1.54, 1.807) is 0 Å². The molecule has 0 saturated heterocycles. The van der Waals surface area contributed by atoms with Gasteiger partial charge in [0.05, 0.1) is 17.9 Å². The Balaban J connectivity index is 2.46. The Morgan fingerprint density at radius 3 is 2.71 bits per heavy atom. The lowest BCUT2D eigenvalue weighted by Crippen LogP contribution is -2.29. The number of aromatic carboxylic acids is 1. The second-order valence-electron chi connectivity index (χ2n) is 3.62. The Bertz CT molecular complexity index is 471. The summed E-state index contributed by atoms with van der Waals surface area (Å²) in [7, 11) is 0. The minimum atomic E-state index is -1.07. The number of carboxylic acids is 1. The van der Waals surface area contributed by atoms with Crippen molar-refractivity contribution in [2.75, 3.05) is 18.1 Å². The first-order valence-corrected chi connectivity index (χ1v) is 5.10. The molecule has 0 bridgehead atoms. The van der Waals surface area contributed by atoms with Crippen molar-refractivity contribution in [2.24, 2.45) is 0 Å². The van der Waals surface area contributed by atoms with Crippen molar-refractivity contribution >= 4 is 17.7 Å². The predicted octanol–water partition coefficient (Wildman–Crippen LogP) is 1.65. The third-order valence-electron chi connectivity index (χ3n) is 2.51. The summed E-state index contributed by atoms with van der Waals surface area (Å²) in [6.45, 7) is 0.717. The van der Waals surface area contributed by atoms with Gasteiger partial charge in [-0.15, -0.1) is 0 Å². The molecule has 6 heteroatoms. The lowest BCUT2D eigenvalue weighted by atomic mass is 10.2. The zero-order valence-electron chi connectivity index (χ0n) is 8.92. The van der Waals surface area contributed by atoms with Crippen molar-refractivity contribution in [2.45, 2.75) is 6.42 Å². The predicted molar refractivity (Wildman–Crippen MR) is 58.9 cm³/mol. The normalized spacial score (nSPS) is 14.5. The van der Waals surface area contributed by atoms with Crippen molar-refractivity contribution in [1.29, 1.82) is 0 Å². The fraction of sp³-hybridized carbons (Fsp3) is 0.273. The fourth-order valence-corrected chi connectivity index (χ4v) is 1.71. The number of anilines is 1. The number of carboxylic acid groups (broad SMARTS) is 2. The van der Waals surface area contributed by atoms with E-state index in [0.717, 1.165) is 4.90 Å². The second-order valence-corrected chi connectivity index (χ2v) is 3.62. The summed E-state index contributed by atoms with van der Waals surface area (Å²) >= 11 is 0. The number of rotatable bonds is 1. The molecule has 0 radical (unpaired) electrons.